The van der Waals surface area contributed by atoms with E-state index in [1.54, 1.807) is 42.5 Å². The smallest absolute Gasteiger partial charge is 0.462 e. The van der Waals surface area contributed by atoms with Gasteiger partial charge in [0.15, 0.2) is 6.10 Å². The molecule has 0 amide bonds. The highest BCUT2D eigenvalue weighted by atomic mass is 31.2. The zero-order valence-corrected chi connectivity index (χ0v) is 36.2. The third-order valence-electron chi connectivity index (χ3n) is 8.62. The van der Waals surface area contributed by atoms with Crippen LogP contribution in [0, 0.1) is 0 Å². The van der Waals surface area contributed by atoms with E-state index in [0.29, 0.717) is 12.8 Å². The summed E-state index contributed by atoms with van der Waals surface area (Å²) in [7, 11) is -4.49. The van der Waals surface area contributed by atoms with Crippen molar-refractivity contribution in [2.75, 3.05) is 26.4 Å². The van der Waals surface area contributed by atoms with Gasteiger partial charge >= 0.3 is 19.8 Å². The van der Waals surface area contributed by atoms with Gasteiger partial charge in [-0.05, 0) is 57.8 Å². The average molecular weight is 838 g/mol. The largest absolute Gasteiger partial charge is 0.472 e. The summed E-state index contributed by atoms with van der Waals surface area (Å²) in [6, 6.07) is 0. The molecular weight excluding hydrogens is 761 g/mol. The number of rotatable bonds is 38. The Morgan fingerprint density at radius 3 is 1.88 bits per heavy atom. The van der Waals surface area contributed by atoms with Crippen LogP contribution in [0.5, 0.6) is 0 Å². The van der Waals surface area contributed by atoms with E-state index in [-0.39, 0.29) is 38.8 Å². The van der Waals surface area contributed by atoms with E-state index in [1.165, 1.54) is 44.6 Å². The summed E-state index contributed by atoms with van der Waals surface area (Å²) in [6.07, 6.45) is 38.5. The van der Waals surface area contributed by atoms with Gasteiger partial charge in [0.25, 0.3) is 0 Å². The Morgan fingerprint density at radius 1 is 0.638 bits per heavy atom. The van der Waals surface area contributed by atoms with Gasteiger partial charge < -0.3 is 35.4 Å². The Balaban J connectivity index is 4.60. The number of nitrogens with two attached hydrogens (primary N) is 1. The predicted octanol–water partition coefficient (Wildman–Crippen LogP) is 8.96. The van der Waals surface area contributed by atoms with E-state index >= 15 is 0 Å². The van der Waals surface area contributed by atoms with Gasteiger partial charge in [0.2, 0.25) is 0 Å². The second-order valence-corrected chi connectivity index (χ2v) is 15.5. The molecule has 0 saturated heterocycles. The molecule has 1 unspecified atom stereocenters. The lowest BCUT2D eigenvalue weighted by Gasteiger charge is -2.20. The van der Waals surface area contributed by atoms with Crippen molar-refractivity contribution in [1.82, 2.24) is 0 Å². The average Bonchev–Trinajstić information content (AvgIpc) is 3.20. The second kappa shape index (κ2) is 39.5. The fourth-order valence-electron chi connectivity index (χ4n) is 5.27. The number of phosphoric ester groups is 1. The molecule has 0 aromatic rings. The molecule has 0 bridgehead atoms. The van der Waals surface area contributed by atoms with Crippen LogP contribution in [0.25, 0.3) is 0 Å². The van der Waals surface area contributed by atoms with Gasteiger partial charge in [-0.2, -0.15) is 0 Å². The summed E-state index contributed by atoms with van der Waals surface area (Å²) in [5, 5.41) is 30.5. The molecule has 0 aliphatic carbocycles. The van der Waals surface area contributed by atoms with Crippen molar-refractivity contribution in [2.45, 2.75) is 160 Å². The summed E-state index contributed by atoms with van der Waals surface area (Å²) in [5.74, 6) is -1.23. The molecule has 0 heterocycles. The topological polar surface area (TPSA) is 195 Å². The highest BCUT2D eigenvalue weighted by Crippen LogP contribution is 2.43. The molecular formula is C45H76NO11P. The maximum Gasteiger partial charge on any atom is 0.472 e. The Bertz CT molecular complexity index is 1280. The first-order valence-electron chi connectivity index (χ1n) is 21.4. The van der Waals surface area contributed by atoms with Gasteiger partial charge in [-0.1, -0.05) is 150 Å². The lowest BCUT2D eigenvalue weighted by molar-refractivity contribution is -0.161. The van der Waals surface area contributed by atoms with Crippen LogP contribution in [0.2, 0.25) is 0 Å². The highest BCUT2D eigenvalue weighted by molar-refractivity contribution is 7.47. The Morgan fingerprint density at radius 2 is 1.21 bits per heavy atom. The summed E-state index contributed by atoms with van der Waals surface area (Å²) < 4.78 is 32.4. The summed E-state index contributed by atoms with van der Waals surface area (Å²) in [5.41, 5.74) is 5.32. The van der Waals surface area contributed by atoms with E-state index in [4.69, 9.17) is 24.3 Å². The van der Waals surface area contributed by atoms with E-state index in [1.807, 2.05) is 12.2 Å². The van der Waals surface area contributed by atoms with E-state index in [0.717, 1.165) is 44.9 Å². The molecule has 0 rings (SSSR count). The lowest BCUT2D eigenvalue weighted by atomic mass is 10.1. The van der Waals surface area contributed by atoms with E-state index in [9.17, 15) is 34.4 Å². The number of aliphatic hydroxyl groups is 3. The molecule has 58 heavy (non-hydrogen) atoms. The second-order valence-electron chi connectivity index (χ2n) is 14.1. The molecule has 13 heteroatoms. The lowest BCUT2D eigenvalue weighted by Crippen LogP contribution is -2.30. The number of hydrogen-bond acceptors (Lipinski definition) is 11. The summed E-state index contributed by atoms with van der Waals surface area (Å²) in [6.45, 7) is 3.13. The number of ether oxygens (including phenoxy) is 2. The number of carbonyl (C=O) groups is 2. The number of unbranched alkanes of at least 4 members (excludes halogenated alkanes) is 9. The van der Waals surface area contributed by atoms with Crippen LogP contribution >= 0.6 is 7.82 Å². The van der Waals surface area contributed by atoms with Crippen LogP contribution in [0.4, 0.5) is 0 Å². The van der Waals surface area contributed by atoms with Crippen LogP contribution in [-0.2, 0) is 32.7 Å². The van der Waals surface area contributed by atoms with Crippen molar-refractivity contribution < 1.29 is 52.9 Å². The molecule has 0 spiro atoms. The van der Waals surface area contributed by atoms with Crippen LogP contribution in [0.3, 0.4) is 0 Å². The number of carbonyl (C=O) groups excluding carboxylic acids is 2. The minimum Gasteiger partial charge on any atom is -0.462 e. The van der Waals surface area contributed by atoms with Crippen molar-refractivity contribution in [3.63, 3.8) is 0 Å². The van der Waals surface area contributed by atoms with Crippen molar-refractivity contribution >= 4 is 19.8 Å². The van der Waals surface area contributed by atoms with Gasteiger partial charge in [0.05, 0.1) is 31.5 Å². The molecule has 0 radical (unpaired) electrons. The first-order valence-corrected chi connectivity index (χ1v) is 22.9. The van der Waals surface area contributed by atoms with Gasteiger partial charge in [0.1, 0.15) is 6.61 Å². The molecule has 0 fully saturated rings. The SMILES string of the molecule is CCCCCCCC/C=C\C/C=C\C/C=C\CCCC(=O)OC[C@H](COP(=O)(O)OCCN)OC(=O)CCC[C@H](O)[C@@H](O)/C=C/C=C/C=C\C=C\[C@@H](O)CCCCC. The van der Waals surface area contributed by atoms with Crippen LogP contribution < -0.4 is 5.73 Å². The van der Waals surface area contributed by atoms with Crippen molar-refractivity contribution in [2.24, 2.45) is 5.73 Å². The molecule has 0 aliphatic heterocycles. The summed E-state index contributed by atoms with van der Waals surface area (Å²) >= 11 is 0. The molecule has 0 saturated carbocycles. The number of allylic oxidation sites excluding steroid dienone is 12. The van der Waals surface area contributed by atoms with Gasteiger partial charge in [-0.25, -0.2) is 4.57 Å². The zero-order chi connectivity index (χ0) is 43.0. The standard InChI is InChI=1S/C45H76NO11P/c1-3-5-7-8-9-10-11-12-13-14-15-16-17-18-19-24-28-34-44(50)54-38-41(39-56-58(52,53)55-37-36-46)57-45(51)35-29-33-43(49)42(48)32-27-23-21-20-22-26-31-40(47)30-25-6-4-2/h12-13,15-16,18-23,26-27,31-32,40-43,47-49H,3-11,14,17,24-25,28-30,33-39,46H2,1-2H3,(H,52,53)/b13-12-,16-15-,19-18-,22-20-,23-21+,31-26+,32-27+/t40-,41+,42-,43-/m0/s1. The number of esters is 2. The van der Waals surface area contributed by atoms with Crippen molar-refractivity contribution in [3.05, 3.63) is 85.1 Å². The molecule has 6 N–H and O–H groups in total. The summed E-state index contributed by atoms with van der Waals surface area (Å²) in [4.78, 5) is 34.9. The minimum atomic E-state index is -4.49. The Hall–Kier alpha value is -2.93. The normalized spacial score (nSPS) is 15.8. The predicted molar refractivity (Wildman–Crippen MR) is 233 cm³/mol. The number of hydrogen-bond donors (Lipinski definition) is 5. The quantitative estimate of drug-likeness (QED) is 0.0130. The van der Waals surface area contributed by atoms with Crippen LogP contribution in [0.1, 0.15) is 136 Å². The first-order chi connectivity index (χ1) is 28.0. The third-order valence-corrected chi connectivity index (χ3v) is 9.60. The minimum absolute atomic E-state index is 0.0131. The Kier molecular flexibility index (Phi) is 37.5. The van der Waals surface area contributed by atoms with Crippen molar-refractivity contribution in [3.8, 4) is 0 Å². The van der Waals surface area contributed by atoms with E-state index in [2.05, 4.69) is 38.2 Å². The number of aliphatic hydroxyl groups excluding tert-OH is 3. The zero-order valence-electron chi connectivity index (χ0n) is 35.3. The monoisotopic (exact) mass is 838 g/mol. The van der Waals surface area contributed by atoms with E-state index < -0.39 is 57.4 Å². The maximum absolute atomic E-state index is 12.6. The van der Waals surface area contributed by atoms with Gasteiger partial charge in [-0.15, -0.1) is 0 Å². The maximum atomic E-state index is 12.6. The van der Waals surface area contributed by atoms with Crippen LogP contribution in [0.15, 0.2) is 85.1 Å². The molecule has 0 aromatic heterocycles. The number of phosphoric acid groups is 1. The molecule has 332 valence electrons. The Labute approximate surface area is 349 Å². The van der Waals surface area contributed by atoms with Gasteiger partial charge in [-0.3, -0.25) is 18.6 Å². The fourth-order valence-corrected chi connectivity index (χ4v) is 6.03. The fraction of sp³-hybridized carbons (Fsp3) is 0.644. The third kappa shape index (κ3) is 37.3. The first kappa shape index (κ1) is 55.1. The molecule has 0 aliphatic rings. The highest BCUT2D eigenvalue weighted by Gasteiger charge is 2.26. The molecule has 0 aromatic carbocycles. The molecule has 5 atom stereocenters. The molecule has 12 nitrogen and oxygen atoms in total. The van der Waals surface area contributed by atoms with Gasteiger partial charge in [0, 0.05) is 19.4 Å². The van der Waals surface area contributed by atoms with Crippen LogP contribution in [-0.4, -0.2) is 82.9 Å². The van der Waals surface area contributed by atoms with Crippen molar-refractivity contribution in [1.29, 1.82) is 0 Å².